The molecule has 38 heavy (non-hydrogen) atoms. The molecule has 0 aliphatic carbocycles. The van der Waals surface area contributed by atoms with Gasteiger partial charge in [0.1, 0.15) is 22.8 Å². The van der Waals surface area contributed by atoms with Crippen molar-refractivity contribution in [2.75, 3.05) is 10.6 Å². The lowest BCUT2D eigenvalue weighted by Crippen LogP contribution is -2.41. The Labute approximate surface area is 233 Å². The molecule has 0 aromatic carbocycles. The first kappa shape index (κ1) is 31.5. The van der Waals surface area contributed by atoms with Crippen molar-refractivity contribution < 1.29 is 28.4 Å². The predicted octanol–water partition coefficient (Wildman–Crippen LogP) is 5.92. The minimum absolute atomic E-state index is 0.398. The van der Waals surface area contributed by atoms with Crippen molar-refractivity contribution in [1.82, 2.24) is 9.97 Å². The maximum atomic E-state index is 11.7. The third kappa shape index (κ3) is 10.2. The molecular formula is C26H38BBrN4O6. The zero-order chi connectivity index (χ0) is 28.9. The minimum Gasteiger partial charge on any atom is -0.444 e. The number of aromatic nitrogens is 2. The first-order valence-corrected chi connectivity index (χ1v) is 13.0. The van der Waals surface area contributed by atoms with E-state index < -0.39 is 41.7 Å². The van der Waals surface area contributed by atoms with Crippen LogP contribution in [0, 0.1) is 0 Å². The van der Waals surface area contributed by atoms with Gasteiger partial charge in [-0.2, -0.15) is 0 Å². The van der Waals surface area contributed by atoms with E-state index in [1.807, 2.05) is 54.5 Å². The predicted molar refractivity (Wildman–Crippen MR) is 152 cm³/mol. The van der Waals surface area contributed by atoms with Gasteiger partial charge in [-0.1, -0.05) is 6.07 Å². The average Bonchev–Trinajstić information content (AvgIpc) is 2.95. The van der Waals surface area contributed by atoms with E-state index in [1.165, 1.54) is 0 Å². The SMILES string of the molecule is CC(C)(C)OC(=O)Nc1ccc(B2OC(C)(C)C(C)(C)O2)cn1.CC(C)(C)OC(=O)Nc1ccc(Br)cn1. The first-order chi connectivity index (χ1) is 17.3. The van der Waals surface area contributed by atoms with Crippen LogP contribution in [0.2, 0.25) is 0 Å². The summed E-state index contributed by atoms with van der Waals surface area (Å²) in [5.41, 5.74) is -1.04. The van der Waals surface area contributed by atoms with Crippen LogP contribution >= 0.6 is 15.9 Å². The molecule has 0 spiro atoms. The molecule has 0 bridgehead atoms. The zero-order valence-electron chi connectivity index (χ0n) is 23.8. The summed E-state index contributed by atoms with van der Waals surface area (Å²) in [6, 6.07) is 7.00. The molecule has 3 rings (SSSR count). The lowest BCUT2D eigenvalue weighted by molar-refractivity contribution is 0.00578. The highest BCUT2D eigenvalue weighted by Gasteiger charge is 2.51. The first-order valence-electron chi connectivity index (χ1n) is 12.2. The fraction of sp³-hybridized carbons (Fsp3) is 0.538. The highest BCUT2D eigenvalue weighted by atomic mass is 79.9. The number of rotatable bonds is 3. The number of ether oxygens (including phenoxy) is 2. The van der Waals surface area contributed by atoms with Crippen LogP contribution in [0.4, 0.5) is 21.2 Å². The minimum atomic E-state index is -0.549. The van der Waals surface area contributed by atoms with E-state index in [-0.39, 0.29) is 0 Å². The van der Waals surface area contributed by atoms with Gasteiger partial charge < -0.3 is 18.8 Å². The van der Waals surface area contributed by atoms with Gasteiger partial charge in [-0.3, -0.25) is 10.6 Å². The van der Waals surface area contributed by atoms with E-state index in [2.05, 4.69) is 36.5 Å². The highest BCUT2D eigenvalue weighted by Crippen LogP contribution is 2.36. The van der Waals surface area contributed by atoms with Crippen LogP contribution in [-0.4, -0.2) is 51.7 Å². The topological polar surface area (TPSA) is 121 Å². The second kappa shape index (κ2) is 12.0. The Morgan fingerprint density at radius 2 is 1.21 bits per heavy atom. The Balaban J connectivity index is 0.000000293. The molecule has 2 N–H and O–H groups in total. The standard InChI is InChI=1S/C16H25BN2O4.C10H13BrN2O2/c1-14(2,3)21-13(20)19-12-9-8-11(10-18-12)17-22-15(4,5)16(6,7)23-17;1-10(2,3)15-9(14)13-8-5-4-7(11)6-12-8/h8-10H,1-7H3,(H,18,19,20);4-6H,1-3H3,(H,12,13,14). The van der Waals surface area contributed by atoms with Crippen molar-refractivity contribution in [2.24, 2.45) is 0 Å². The third-order valence-corrected chi connectivity index (χ3v) is 5.77. The normalized spacial score (nSPS) is 16.1. The molecule has 2 aromatic heterocycles. The number of amides is 2. The molecule has 2 amide bonds. The molecule has 1 saturated heterocycles. The quantitative estimate of drug-likeness (QED) is 0.421. The summed E-state index contributed by atoms with van der Waals surface area (Å²) in [7, 11) is -0.469. The number of carbonyl (C=O) groups excluding carboxylic acids is 2. The van der Waals surface area contributed by atoms with Crippen LogP contribution in [0.25, 0.3) is 0 Å². The monoisotopic (exact) mass is 592 g/mol. The van der Waals surface area contributed by atoms with E-state index in [9.17, 15) is 9.59 Å². The number of halogens is 1. The molecule has 0 radical (unpaired) electrons. The van der Waals surface area contributed by atoms with Crippen molar-refractivity contribution in [2.45, 2.75) is 91.6 Å². The summed E-state index contributed by atoms with van der Waals surface area (Å²) < 4.78 is 23.0. The lowest BCUT2D eigenvalue weighted by Gasteiger charge is -2.32. The summed E-state index contributed by atoms with van der Waals surface area (Å²) in [5.74, 6) is 0.881. The number of hydrogen-bond acceptors (Lipinski definition) is 8. The molecule has 1 fully saturated rings. The van der Waals surface area contributed by atoms with Crippen molar-refractivity contribution >= 4 is 52.3 Å². The van der Waals surface area contributed by atoms with E-state index in [0.717, 1.165) is 9.94 Å². The number of anilines is 2. The molecule has 0 unspecified atom stereocenters. The smallest absolute Gasteiger partial charge is 0.444 e. The van der Waals surface area contributed by atoms with E-state index >= 15 is 0 Å². The molecule has 12 heteroatoms. The van der Waals surface area contributed by atoms with Crippen LogP contribution in [0.15, 0.2) is 41.1 Å². The summed E-state index contributed by atoms with van der Waals surface area (Å²) in [5, 5.41) is 5.13. The van der Waals surface area contributed by atoms with Crippen molar-refractivity contribution in [3.63, 3.8) is 0 Å². The molecular weight excluding hydrogens is 555 g/mol. The third-order valence-electron chi connectivity index (χ3n) is 5.30. The van der Waals surface area contributed by atoms with Crippen LogP contribution < -0.4 is 16.1 Å². The molecule has 3 heterocycles. The van der Waals surface area contributed by atoms with Gasteiger partial charge >= 0.3 is 19.3 Å². The Morgan fingerprint density at radius 3 is 1.55 bits per heavy atom. The number of pyridine rings is 2. The molecule has 1 aliphatic rings. The van der Waals surface area contributed by atoms with Gasteiger partial charge in [-0.05, 0) is 103 Å². The fourth-order valence-corrected chi connectivity index (χ4v) is 3.10. The number of hydrogen-bond donors (Lipinski definition) is 2. The molecule has 10 nitrogen and oxygen atoms in total. The van der Waals surface area contributed by atoms with Gasteiger partial charge in [-0.25, -0.2) is 19.6 Å². The number of nitrogens with zero attached hydrogens (tertiary/aromatic N) is 2. The summed E-state index contributed by atoms with van der Waals surface area (Å²) >= 11 is 3.25. The van der Waals surface area contributed by atoms with Crippen molar-refractivity contribution in [3.05, 3.63) is 41.1 Å². The number of nitrogens with one attached hydrogen (secondary N) is 2. The lowest BCUT2D eigenvalue weighted by atomic mass is 9.80. The highest BCUT2D eigenvalue weighted by molar-refractivity contribution is 9.10. The summed E-state index contributed by atoms with van der Waals surface area (Å²) in [6.45, 7) is 18.8. The maximum Gasteiger partial charge on any atom is 0.496 e. The second-order valence-corrected chi connectivity index (χ2v) is 12.6. The molecule has 0 atom stereocenters. The Morgan fingerprint density at radius 1 is 0.789 bits per heavy atom. The van der Waals surface area contributed by atoms with Crippen LogP contribution in [0.5, 0.6) is 0 Å². The van der Waals surface area contributed by atoms with Crippen molar-refractivity contribution in [3.8, 4) is 0 Å². The van der Waals surface area contributed by atoms with Crippen LogP contribution in [0.3, 0.4) is 0 Å². The summed E-state index contributed by atoms with van der Waals surface area (Å²) in [6.07, 6.45) is 2.20. The van der Waals surface area contributed by atoms with E-state index in [4.69, 9.17) is 18.8 Å². The molecule has 2 aromatic rings. The summed E-state index contributed by atoms with van der Waals surface area (Å²) in [4.78, 5) is 31.3. The fourth-order valence-electron chi connectivity index (χ4n) is 2.86. The van der Waals surface area contributed by atoms with Crippen LogP contribution in [0.1, 0.15) is 69.2 Å². The Bertz CT molecular complexity index is 1080. The molecule has 1 aliphatic heterocycles. The maximum absolute atomic E-state index is 11.7. The van der Waals surface area contributed by atoms with Gasteiger partial charge in [0.2, 0.25) is 0 Å². The van der Waals surface area contributed by atoms with Gasteiger partial charge in [-0.15, -0.1) is 0 Å². The van der Waals surface area contributed by atoms with E-state index in [1.54, 1.807) is 51.4 Å². The Kier molecular flexibility index (Phi) is 9.96. The largest absolute Gasteiger partial charge is 0.496 e. The van der Waals surface area contributed by atoms with Crippen LogP contribution in [-0.2, 0) is 18.8 Å². The second-order valence-electron chi connectivity index (χ2n) is 11.7. The van der Waals surface area contributed by atoms with E-state index in [0.29, 0.717) is 11.6 Å². The van der Waals surface area contributed by atoms with Gasteiger partial charge in [0, 0.05) is 22.3 Å². The van der Waals surface area contributed by atoms with Gasteiger partial charge in [0.05, 0.1) is 11.2 Å². The Hall–Kier alpha value is -2.70. The van der Waals surface area contributed by atoms with Crippen molar-refractivity contribution in [1.29, 1.82) is 0 Å². The number of carbonyl (C=O) groups is 2. The molecule has 0 saturated carbocycles. The average molecular weight is 593 g/mol. The zero-order valence-corrected chi connectivity index (χ0v) is 25.3. The van der Waals surface area contributed by atoms with Gasteiger partial charge in [0.15, 0.2) is 0 Å². The van der Waals surface area contributed by atoms with Gasteiger partial charge in [0.25, 0.3) is 0 Å². The molecule has 208 valence electrons.